The van der Waals surface area contributed by atoms with Crippen molar-refractivity contribution in [1.29, 1.82) is 0 Å². The van der Waals surface area contributed by atoms with Crippen LogP contribution < -0.4 is 0 Å². The maximum absolute atomic E-state index is 11.6. The first-order chi connectivity index (χ1) is 26.9. The zero-order valence-corrected chi connectivity index (χ0v) is 34.6. The Hall–Kier alpha value is -1.75. The van der Waals surface area contributed by atoms with Crippen molar-refractivity contribution in [1.82, 2.24) is 0 Å². The van der Waals surface area contributed by atoms with E-state index in [-0.39, 0.29) is 36.6 Å². The van der Waals surface area contributed by atoms with Crippen LogP contribution in [0, 0.1) is 17.8 Å². The zero-order valence-electron chi connectivity index (χ0n) is 34.6. The van der Waals surface area contributed by atoms with Crippen molar-refractivity contribution in [3.8, 4) is 0 Å². The molecule has 3 unspecified atom stereocenters. The van der Waals surface area contributed by atoms with E-state index in [1.54, 1.807) is 6.08 Å². The van der Waals surface area contributed by atoms with E-state index in [0.717, 1.165) is 50.7 Å². The largest absolute Gasteiger partial charge is 0.479 e. The predicted octanol–water partition coefficient (Wildman–Crippen LogP) is 5.21. The lowest BCUT2D eigenvalue weighted by atomic mass is 9.79. The van der Waals surface area contributed by atoms with Crippen LogP contribution in [-0.2, 0) is 38.0 Å². The summed E-state index contributed by atoms with van der Waals surface area (Å²) >= 11 is 0. The molecule has 0 radical (unpaired) electrons. The maximum atomic E-state index is 11.6. The predicted molar refractivity (Wildman–Crippen MR) is 208 cm³/mol. The highest BCUT2D eigenvalue weighted by molar-refractivity contribution is 5.76. The van der Waals surface area contributed by atoms with Crippen LogP contribution >= 0.6 is 0 Å². The van der Waals surface area contributed by atoms with Crippen molar-refractivity contribution in [3.63, 3.8) is 0 Å². The van der Waals surface area contributed by atoms with Gasteiger partial charge in [0.05, 0.1) is 43.2 Å². The molecule has 6 fully saturated rings. The van der Waals surface area contributed by atoms with Gasteiger partial charge < -0.3 is 58.7 Å². The lowest BCUT2D eigenvalue weighted by molar-refractivity contribution is -0.321. The first-order valence-electron chi connectivity index (χ1n) is 21.7. The summed E-state index contributed by atoms with van der Waals surface area (Å²) in [7, 11) is 0. The Bertz CT molecular complexity index is 1510. The molecule has 13 heteroatoms. The number of aliphatic hydroxyl groups excluding tert-OH is 3. The number of rotatable bonds is 10. The maximum Gasteiger partial charge on any atom is 0.335 e. The molecule has 0 aromatic carbocycles. The smallest absolute Gasteiger partial charge is 0.335 e. The molecule has 13 nitrogen and oxygen atoms in total. The van der Waals surface area contributed by atoms with Crippen LogP contribution in [-0.4, -0.2) is 122 Å². The second-order valence-corrected chi connectivity index (χ2v) is 18.9. The van der Waals surface area contributed by atoms with E-state index in [2.05, 4.69) is 26.5 Å². The van der Waals surface area contributed by atoms with Gasteiger partial charge in [0.15, 0.2) is 17.2 Å². The summed E-state index contributed by atoms with van der Waals surface area (Å²) in [5.41, 5.74) is -0.551. The highest BCUT2D eigenvalue weighted by Gasteiger charge is 2.55. The number of fused-ring (bicyclic) bond motifs is 1. The molecule has 3 spiro atoms. The molecule has 0 bridgehead atoms. The summed E-state index contributed by atoms with van der Waals surface area (Å²) in [4.78, 5) is 11.6. The van der Waals surface area contributed by atoms with E-state index in [1.807, 2.05) is 19.9 Å². The van der Waals surface area contributed by atoms with Gasteiger partial charge in [-0.1, -0.05) is 45.1 Å². The minimum atomic E-state index is -1.96. The third-order valence-electron chi connectivity index (χ3n) is 14.0. The lowest BCUT2D eigenvalue weighted by Crippen LogP contribution is -2.60. The molecule has 7 aliphatic rings. The molecule has 5 N–H and O–H groups in total. The molecule has 57 heavy (non-hydrogen) atoms. The van der Waals surface area contributed by atoms with E-state index in [1.165, 1.54) is 6.92 Å². The summed E-state index contributed by atoms with van der Waals surface area (Å²) in [6, 6.07) is 0. The van der Waals surface area contributed by atoms with Crippen LogP contribution in [0.5, 0.6) is 0 Å². The van der Waals surface area contributed by atoms with Crippen LogP contribution in [0.25, 0.3) is 0 Å². The molecule has 7 rings (SSSR count). The topological polar surface area (TPSA) is 183 Å². The van der Waals surface area contributed by atoms with Crippen molar-refractivity contribution in [2.24, 2.45) is 17.8 Å². The molecule has 7 aliphatic heterocycles. The fraction of sp³-hybridized carbons (Fsp3) is 0.841. The minimum absolute atomic E-state index is 0.0423. The SMILES string of the molecule is C=C1[C@@H](O)[C@@H]2O[C@@]3(CCC2O[C@@H]1[C@@H](O)C[C@H](C)C1O[C@@]2(CCCCO2)CC[C@H]1C)CC[C@H](/C=C/C(C)[C@@H]1CC(C)=C[C@@]2(O[C@H](C[C@@](C)(O)C(=O)O)CC[C@H]2O)O1)O3. The fourth-order valence-corrected chi connectivity index (χ4v) is 10.5. The molecular formula is C44H68O13. The number of ether oxygens (including phenoxy) is 7. The van der Waals surface area contributed by atoms with Crippen LogP contribution in [0.1, 0.15) is 125 Å². The van der Waals surface area contributed by atoms with Crippen molar-refractivity contribution in [2.45, 2.75) is 209 Å². The van der Waals surface area contributed by atoms with Gasteiger partial charge in [0.1, 0.15) is 24.4 Å². The number of carbonyl (C=O) groups is 1. The van der Waals surface area contributed by atoms with Gasteiger partial charge in [-0.2, -0.15) is 0 Å². The van der Waals surface area contributed by atoms with Crippen molar-refractivity contribution in [2.75, 3.05) is 6.61 Å². The molecule has 0 aromatic rings. The molecule has 17 atom stereocenters. The molecule has 7 heterocycles. The van der Waals surface area contributed by atoms with Gasteiger partial charge in [-0.15, -0.1) is 0 Å². The minimum Gasteiger partial charge on any atom is -0.479 e. The van der Waals surface area contributed by atoms with Crippen molar-refractivity contribution in [3.05, 3.63) is 36.0 Å². The molecule has 0 amide bonds. The number of carboxylic acids is 1. The van der Waals surface area contributed by atoms with Crippen LogP contribution in [0.15, 0.2) is 36.0 Å². The summed E-state index contributed by atoms with van der Waals surface area (Å²) in [6.07, 6.45) is 9.37. The number of hydrogen-bond donors (Lipinski definition) is 5. The van der Waals surface area contributed by atoms with E-state index < -0.39 is 71.7 Å². The second-order valence-electron chi connectivity index (χ2n) is 18.9. The Labute approximate surface area is 337 Å². The summed E-state index contributed by atoms with van der Waals surface area (Å²) < 4.78 is 45.2. The van der Waals surface area contributed by atoms with Crippen molar-refractivity contribution < 1.29 is 63.5 Å². The van der Waals surface area contributed by atoms with Gasteiger partial charge in [-0.3, -0.25) is 0 Å². The third-order valence-corrected chi connectivity index (χ3v) is 14.0. The zero-order chi connectivity index (χ0) is 40.9. The average molecular weight is 805 g/mol. The molecule has 0 aromatic heterocycles. The van der Waals surface area contributed by atoms with E-state index in [9.17, 15) is 30.3 Å². The van der Waals surface area contributed by atoms with Crippen LogP contribution in [0.2, 0.25) is 0 Å². The Morgan fingerprint density at radius 2 is 1.75 bits per heavy atom. The quantitative estimate of drug-likeness (QED) is 0.182. The van der Waals surface area contributed by atoms with Gasteiger partial charge in [-0.25, -0.2) is 4.79 Å². The summed E-state index contributed by atoms with van der Waals surface area (Å²) in [6.45, 7) is 14.5. The highest BCUT2D eigenvalue weighted by atomic mass is 16.7. The van der Waals surface area contributed by atoms with E-state index in [0.29, 0.717) is 56.4 Å². The summed E-state index contributed by atoms with van der Waals surface area (Å²) in [5.74, 6) is -3.82. The monoisotopic (exact) mass is 804 g/mol. The molecule has 0 aliphatic carbocycles. The van der Waals surface area contributed by atoms with Gasteiger partial charge in [-0.05, 0) is 95.1 Å². The van der Waals surface area contributed by atoms with Crippen LogP contribution in [0.3, 0.4) is 0 Å². The van der Waals surface area contributed by atoms with E-state index >= 15 is 0 Å². The Kier molecular flexibility index (Phi) is 12.9. The van der Waals surface area contributed by atoms with Gasteiger partial charge in [0, 0.05) is 38.0 Å². The average Bonchev–Trinajstić information content (AvgIpc) is 3.56. The Morgan fingerprint density at radius 1 is 1.00 bits per heavy atom. The number of aliphatic hydroxyl groups is 4. The van der Waals surface area contributed by atoms with Gasteiger partial charge in [0.2, 0.25) is 5.79 Å². The number of aliphatic carboxylic acids is 1. The standard InChI is InChI=1S/C44H68O13/c1-25-21-34(55-44(23-25)35(46)12-11-31(54-44)24-41(6,50)40(48)49)26(2)9-10-30-14-18-43(53-30)19-15-33-39(57-43)36(47)29(5)38(52-33)32(45)22-28(4)37-27(3)13-17-42(56-37)16-7-8-20-51-42/h9-10,23,26-28,30-39,45-47,50H,5,7-8,11-22,24H2,1-4,6H3,(H,48,49)/b10-9+/t26?,27-,28+,30+,31+,32+,33?,34+,35-,36-,37?,38+,39-,41-,42+,43-,44-/m1/s1. The fourth-order valence-electron chi connectivity index (χ4n) is 10.5. The second kappa shape index (κ2) is 17.0. The Balaban J connectivity index is 0.920. The van der Waals surface area contributed by atoms with Gasteiger partial charge >= 0.3 is 5.97 Å². The van der Waals surface area contributed by atoms with E-state index in [4.69, 9.17) is 33.2 Å². The summed E-state index contributed by atoms with van der Waals surface area (Å²) in [5, 5.41) is 54.0. The third kappa shape index (κ3) is 9.15. The highest BCUT2D eigenvalue weighted by Crippen LogP contribution is 2.47. The van der Waals surface area contributed by atoms with Crippen molar-refractivity contribution >= 4 is 5.97 Å². The number of hydrogen-bond acceptors (Lipinski definition) is 12. The number of carboxylic acid groups (broad SMARTS) is 1. The molecule has 322 valence electrons. The molecule has 6 saturated heterocycles. The van der Waals surface area contributed by atoms with Crippen LogP contribution in [0.4, 0.5) is 0 Å². The molecule has 0 saturated carbocycles. The lowest BCUT2D eigenvalue weighted by Gasteiger charge is -2.50. The normalized spacial score (nSPS) is 45.4. The first-order valence-corrected chi connectivity index (χ1v) is 21.7. The first kappa shape index (κ1) is 43.3. The van der Waals surface area contributed by atoms with Gasteiger partial charge in [0.25, 0.3) is 0 Å². The molecular weight excluding hydrogens is 736 g/mol. The Morgan fingerprint density at radius 3 is 2.49 bits per heavy atom.